The fourth-order valence-corrected chi connectivity index (χ4v) is 3.32. The van der Waals surface area contributed by atoms with Gasteiger partial charge >= 0.3 is 6.03 Å². The van der Waals surface area contributed by atoms with Crippen LogP contribution in [0.4, 0.5) is 21.9 Å². The molecular formula is C23H20N4O3. The Kier molecular flexibility index (Phi) is 4.93. The predicted octanol–water partition coefficient (Wildman–Crippen LogP) is 3.74. The minimum absolute atomic E-state index is 0.295. The maximum atomic E-state index is 13.0. The largest absolute Gasteiger partial charge is 0.355 e. The summed E-state index contributed by atoms with van der Waals surface area (Å²) in [5.41, 5.74) is 1.92. The number of hydrogen-bond donors (Lipinski definition) is 4. The van der Waals surface area contributed by atoms with Gasteiger partial charge in [0.15, 0.2) is 0 Å². The number of para-hydroxylation sites is 2. The Balaban J connectivity index is 1.57. The van der Waals surface area contributed by atoms with E-state index in [1.54, 1.807) is 43.3 Å². The summed E-state index contributed by atoms with van der Waals surface area (Å²) < 4.78 is 0. The summed E-state index contributed by atoms with van der Waals surface area (Å²) in [7, 11) is 0. The van der Waals surface area contributed by atoms with Crippen molar-refractivity contribution in [2.24, 2.45) is 0 Å². The summed E-state index contributed by atoms with van der Waals surface area (Å²) in [4.78, 5) is 36.7. The zero-order valence-corrected chi connectivity index (χ0v) is 16.2. The molecule has 3 aromatic carbocycles. The fourth-order valence-electron chi connectivity index (χ4n) is 3.32. The highest BCUT2D eigenvalue weighted by Gasteiger charge is 2.43. The van der Waals surface area contributed by atoms with Crippen molar-refractivity contribution in [3.63, 3.8) is 0 Å². The average molecular weight is 400 g/mol. The third kappa shape index (κ3) is 3.73. The molecule has 1 fully saturated rings. The molecule has 1 aliphatic rings. The van der Waals surface area contributed by atoms with Gasteiger partial charge in [0, 0.05) is 11.4 Å². The van der Waals surface area contributed by atoms with E-state index in [0.717, 1.165) is 5.69 Å². The molecule has 1 heterocycles. The van der Waals surface area contributed by atoms with E-state index >= 15 is 0 Å². The Morgan fingerprint density at radius 2 is 1.57 bits per heavy atom. The van der Waals surface area contributed by atoms with Gasteiger partial charge in [-0.2, -0.15) is 0 Å². The maximum absolute atomic E-state index is 13.0. The Bertz CT molecular complexity index is 1130. The van der Waals surface area contributed by atoms with Gasteiger partial charge in [-0.15, -0.1) is 0 Å². The lowest BCUT2D eigenvalue weighted by molar-refractivity contribution is -0.123. The zero-order valence-electron chi connectivity index (χ0n) is 16.2. The van der Waals surface area contributed by atoms with E-state index in [2.05, 4.69) is 21.3 Å². The first kappa shape index (κ1) is 19.2. The van der Waals surface area contributed by atoms with Crippen molar-refractivity contribution >= 4 is 34.9 Å². The lowest BCUT2D eigenvalue weighted by atomic mass is 9.92. The van der Waals surface area contributed by atoms with Gasteiger partial charge in [0.25, 0.3) is 11.8 Å². The number of anilines is 3. The zero-order chi connectivity index (χ0) is 21.1. The molecule has 1 atom stereocenters. The summed E-state index contributed by atoms with van der Waals surface area (Å²) in [5, 5.41) is 11.0. The van der Waals surface area contributed by atoms with Gasteiger partial charge in [0.2, 0.25) is 0 Å². The van der Waals surface area contributed by atoms with E-state index in [4.69, 9.17) is 0 Å². The molecule has 0 bridgehead atoms. The van der Waals surface area contributed by atoms with Crippen molar-refractivity contribution in [2.75, 3.05) is 10.6 Å². The van der Waals surface area contributed by atoms with Crippen LogP contribution in [0.2, 0.25) is 0 Å². The lowest BCUT2D eigenvalue weighted by Gasteiger charge is -2.22. The van der Waals surface area contributed by atoms with Gasteiger partial charge in [0.1, 0.15) is 5.54 Å². The number of hydrogen-bond acceptors (Lipinski definition) is 4. The number of urea groups is 1. The molecule has 0 aliphatic carbocycles. The molecule has 1 aliphatic heterocycles. The van der Waals surface area contributed by atoms with E-state index in [1.165, 1.54) is 0 Å². The molecule has 1 unspecified atom stereocenters. The van der Waals surface area contributed by atoms with E-state index in [0.29, 0.717) is 22.5 Å². The number of rotatable bonds is 5. The first-order valence-electron chi connectivity index (χ1n) is 9.42. The molecule has 30 heavy (non-hydrogen) atoms. The molecule has 0 spiro atoms. The second-order valence-corrected chi connectivity index (χ2v) is 7.10. The molecule has 150 valence electrons. The van der Waals surface area contributed by atoms with Crippen LogP contribution in [0.15, 0.2) is 78.9 Å². The van der Waals surface area contributed by atoms with Crippen LogP contribution in [-0.2, 0) is 10.3 Å². The summed E-state index contributed by atoms with van der Waals surface area (Å²) in [5.74, 6) is -0.732. The summed E-state index contributed by atoms with van der Waals surface area (Å²) >= 11 is 0. The van der Waals surface area contributed by atoms with Crippen molar-refractivity contribution in [2.45, 2.75) is 12.5 Å². The number of amides is 4. The van der Waals surface area contributed by atoms with Crippen LogP contribution in [0.1, 0.15) is 22.8 Å². The molecule has 1 saturated heterocycles. The second-order valence-electron chi connectivity index (χ2n) is 7.10. The van der Waals surface area contributed by atoms with Gasteiger partial charge in [0.05, 0.1) is 11.3 Å². The first-order valence-corrected chi connectivity index (χ1v) is 9.42. The third-order valence-electron chi connectivity index (χ3n) is 4.97. The smallest absolute Gasteiger partial charge is 0.322 e. The lowest BCUT2D eigenvalue weighted by Crippen LogP contribution is -2.40. The minimum Gasteiger partial charge on any atom is -0.355 e. The van der Waals surface area contributed by atoms with Crippen molar-refractivity contribution in [1.82, 2.24) is 10.6 Å². The number of carbonyl (C=O) groups is 3. The molecular weight excluding hydrogens is 380 g/mol. The van der Waals surface area contributed by atoms with Gasteiger partial charge in [-0.25, -0.2) is 4.79 Å². The SMILES string of the molecule is CC1(c2cccc(NC(=O)c3ccccc3Nc3ccccc3)c2)NC(=O)NC1=O. The number of benzene rings is 3. The van der Waals surface area contributed by atoms with Crippen LogP contribution in [-0.4, -0.2) is 17.8 Å². The highest BCUT2D eigenvalue weighted by atomic mass is 16.2. The van der Waals surface area contributed by atoms with Gasteiger partial charge in [-0.1, -0.05) is 42.5 Å². The van der Waals surface area contributed by atoms with Gasteiger partial charge in [-0.3, -0.25) is 14.9 Å². The number of nitrogens with one attached hydrogen (secondary N) is 4. The summed E-state index contributed by atoms with van der Waals surface area (Å²) in [6, 6.07) is 23.1. The van der Waals surface area contributed by atoms with Crippen LogP contribution in [0.5, 0.6) is 0 Å². The molecule has 3 aromatic rings. The van der Waals surface area contributed by atoms with Crippen LogP contribution in [0.3, 0.4) is 0 Å². The molecule has 4 rings (SSSR count). The standard InChI is InChI=1S/C23H20N4O3/c1-23(21(29)26-22(30)27-23)15-8-7-11-17(14-15)25-20(28)18-12-5-6-13-19(18)24-16-9-3-2-4-10-16/h2-14,24H,1H3,(H,25,28)(H2,26,27,29,30). The van der Waals surface area contributed by atoms with E-state index in [9.17, 15) is 14.4 Å². The fraction of sp³-hybridized carbons (Fsp3) is 0.0870. The highest BCUT2D eigenvalue weighted by Crippen LogP contribution is 2.27. The highest BCUT2D eigenvalue weighted by molar-refractivity contribution is 6.09. The van der Waals surface area contributed by atoms with Gasteiger partial charge in [-0.05, 0) is 48.9 Å². The summed E-state index contributed by atoms with van der Waals surface area (Å²) in [6.45, 7) is 1.62. The third-order valence-corrected chi connectivity index (χ3v) is 4.97. The topological polar surface area (TPSA) is 99.3 Å². The van der Waals surface area contributed by atoms with Crippen LogP contribution < -0.4 is 21.3 Å². The second kappa shape index (κ2) is 7.71. The summed E-state index contributed by atoms with van der Waals surface area (Å²) in [6.07, 6.45) is 0. The molecule has 0 aromatic heterocycles. The monoisotopic (exact) mass is 400 g/mol. The first-order chi connectivity index (χ1) is 14.5. The van der Waals surface area contributed by atoms with Crippen LogP contribution in [0, 0.1) is 0 Å². The Morgan fingerprint density at radius 1 is 0.867 bits per heavy atom. The van der Waals surface area contributed by atoms with Crippen LogP contribution in [0.25, 0.3) is 0 Å². The molecule has 4 amide bonds. The number of imide groups is 1. The Morgan fingerprint density at radius 3 is 2.30 bits per heavy atom. The normalized spacial score (nSPS) is 17.8. The molecule has 7 nitrogen and oxygen atoms in total. The van der Waals surface area contributed by atoms with E-state index < -0.39 is 17.5 Å². The van der Waals surface area contributed by atoms with Crippen molar-refractivity contribution in [3.8, 4) is 0 Å². The van der Waals surface area contributed by atoms with Gasteiger partial charge < -0.3 is 16.0 Å². The Hall–Kier alpha value is -4.13. The van der Waals surface area contributed by atoms with E-state index in [1.807, 2.05) is 42.5 Å². The molecule has 0 saturated carbocycles. The maximum Gasteiger partial charge on any atom is 0.322 e. The van der Waals surface area contributed by atoms with E-state index in [-0.39, 0.29) is 5.91 Å². The van der Waals surface area contributed by atoms with Crippen LogP contribution >= 0.6 is 0 Å². The number of carbonyl (C=O) groups excluding carboxylic acids is 3. The Labute approximate surface area is 173 Å². The molecule has 7 heteroatoms. The average Bonchev–Trinajstić information content (AvgIpc) is 3.02. The molecule has 0 radical (unpaired) electrons. The minimum atomic E-state index is -1.19. The quantitative estimate of drug-likeness (QED) is 0.490. The van der Waals surface area contributed by atoms with Crippen molar-refractivity contribution in [3.05, 3.63) is 90.0 Å². The van der Waals surface area contributed by atoms with Crippen molar-refractivity contribution < 1.29 is 14.4 Å². The molecule has 4 N–H and O–H groups in total. The predicted molar refractivity (Wildman–Crippen MR) is 115 cm³/mol. The van der Waals surface area contributed by atoms with Crippen molar-refractivity contribution in [1.29, 1.82) is 0 Å².